The number of aromatic nitrogens is 1. The smallest absolute Gasteiger partial charge is 0.315 e. The van der Waals surface area contributed by atoms with Crippen molar-refractivity contribution in [3.8, 4) is 11.3 Å². The third kappa shape index (κ3) is 4.80. The van der Waals surface area contributed by atoms with Gasteiger partial charge < -0.3 is 19.5 Å². The molecule has 0 aliphatic rings. The Morgan fingerprint density at radius 1 is 1.19 bits per heavy atom. The molecule has 0 aliphatic heterocycles. The van der Waals surface area contributed by atoms with E-state index in [1.807, 2.05) is 30.3 Å². The lowest BCUT2D eigenvalue weighted by molar-refractivity contribution is -0.150. The lowest BCUT2D eigenvalue weighted by Gasteiger charge is -2.29. The summed E-state index contributed by atoms with van der Waals surface area (Å²) in [6.07, 6.45) is -1.88. The number of anilines is 1. The van der Waals surface area contributed by atoms with E-state index < -0.39 is 24.3 Å². The topological polar surface area (TPSA) is 78.7 Å². The quantitative estimate of drug-likeness (QED) is 0.550. The van der Waals surface area contributed by atoms with E-state index in [1.165, 1.54) is 24.6 Å². The minimum absolute atomic E-state index is 0.288. The number of halogens is 2. The van der Waals surface area contributed by atoms with Crippen molar-refractivity contribution in [3.63, 3.8) is 0 Å². The van der Waals surface area contributed by atoms with Crippen LogP contribution in [0.5, 0.6) is 0 Å². The summed E-state index contributed by atoms with van der Waals surface area (Å²) >= 11 is 1.17. The average molecular weight is 463 g/mol. The summed E-state index contributed by atoms with van der Waals surface area (Å²) in [6.45, 7) is 1.45. The molecule has 2 aromatic heterocycles. The third-order valence-corrected chi connectivity index (χ3v) is 6.15. The first-order chi connectivity index (χ1) is 15.2. The second-order valence-corrected chi connectivity index (χ2v) is 8.29. The molecule has 0 saturated carbocycles. The summed E-state index contributed by atoms with van der Waals surface area (Å²) in [6, 6.07) is 9.44. The van der Waals surface area contributed by atoms with Gasteiger partial charge in [-0.15, -0.1) is 0 Å². The Kier molecular flexibility index (Phi) is 7.24. The molecule has 10 heteroatoms. The fourth-order valence-electron chi connectivity index (χ4n) is 3.18. The van der Waals surface area contributed by atoms with Crippen LogP contribution in [-0.2, 0) is 16.1 Å². The molecule has 0 spiro atoms. The number of benzene rings is 1. The fraction of sp³-hybridized carbons (Fsp3) is 0.318. The van der Waals surface area contributed by atoms with Gasteiger partial charge in [0.25, 0.3) is 5.91 Å². The van der Waals surface area contributed by atoms with Crippen LogP contribution < -0.4 is 10.2 Å². The van der Waals surface area contributed by atoms with Gasteiger partial charge in [-0.2, -0.15) is 8.78 Å². The number of rotatable bonds is 8. The molecule has 0 radical (unpaired) electrons. The van der Waals surface area contributed by atoms with Gasteiger partial charge in [-0.25, -0.2) is 4.98 Å². The molecule has 1 aromatic carbocycles. The average Bonchev–Trinajstić information content (AvgIpc) is 3.39. The highest BCUT2D eigenvalue weighted by Crippen LogP contribution is 2.40. The Hall–Kier alpha value is -3.27. The van der Waals surface area contributed by atoms with Crippen molar-refractivity contribution < 1.29 is 22.8 Å². The number of hydrogen-bond acceptors (Lipinski definition) is 6. The van der Waals surface area contributed by atoms with Gasteiger partial charge in [0, 0.05) is 26.7 Å². The number of carbonyl (C=O) groups excluding carboxylic acids is 2. The first kappa shape index (κ1) is 23.4. The van der Waals surface area contributed by atoms with Gasteiger partial charge >= 0.3 is 6.43 Å². The molecule has 0 aliphatic carbocycles. The summed E-state index contributed by atoms with van der Waals surface area (Å²) in [7, 11) is 4.98. The van der Waals surface area contributed by atoms with Crippen molar-refractivity contribution in [3.05, 3.63) is 58.9 Å². The number of aryl methyl sites for hydroxylation is 1. The van der Waals surface area contributed by atoms with Crippen LogP contribution in [0, 0.1) is 6.92 Å². The van der Waals surface area contributed by atoms with Crippen LogP contribution in [0.4, 0.5) is 13.9 Å². The Labute approximate surface area is 188 Å². The van der Waals surface area contributed by atoms with Crippen molar-refractivity contribution in [2.75, 3.05) is 26.0 Å². The number of nitrogens with one attached hydrogen (secondary N) is 1. The summed E-state index contributed by atoms with van der Waals surface area (Å²) in [5, 5.41) is 3.08. The summed E-state index contributed by atoms with van der Waals surface area (Å²) in [5.74, 6) is -1.74. The standard InChI is InChI=1S/C22H24F2N4O3S/c1-13-10-11-31-15(13)12-28(21(30)19(23)24)17(20(29)25-2)18-16(14-8-6-5-7-9-14)26-22(32-18)27(3)4/h5-11,17,19H,12H2,1-4H3,(H,25,29). The zero-order valence-corrected chi connectivity index (χ0v) is 19.0. The number of nitrogens with zero attached hydrogens (tertiary/aromatic N) is 3. The van der Waals surface area contributed by atoms with Crippen molar-refractivity contribution in [2.45, 2.75) is 25.9 Å². The number of alkyl halides is 2. The highest BCUT2D eigenvalue weighted by Gasteiger charge is 2.39. The van der Waals surface area contributed by atoms with E-state index in [-0.39, 0.29) is 6.54 Å². The van der Waals surface area contributed by atoms with E-state index in [9.17, 15) is 18.4 Å². The minimum Gasteiger partial charge on any atom is -0.467 e. The SMILES string of the molecule is CNC(=O)C(c1sc(N(C)C)nc1-c1ccccc1)N(Cc1occc1C)C(=O)C(F)F. The van der Waals surface area contributed by atoms with Crippen molar-refractivity contribution in [1.29, 1.82) is 0 Å². The molecule has 0 fully saturated rings. The second kappa shape index (κ2) is 9.90. The van der Waals surface area contributed by atoms with E-state index in [0.717, 1.165) is 4.90 Å². The predicted molar refractivity (Wildman–Crippen MR) is 119 cm³/mol. The summed E-state index contributed by atoms with van der Waals surface area (Å²) < 4.78 is 32.7. The molecule has 1 N–H and O–H groups in total. The lowest BCUT2D eigenvalue weighted by Crippen LogP contribution is -2.44. The van der Waals surface area contributed by atoms with E-state index in [1.54, 1.807) is 32.0 Å². The second-order valence-electron chi connectivity index (χ2n) is 7.28. The number of furan rings is 1. The van der Waals surface area contributed by atoms with Crippen LogP contribution in [-0.4, -0.2) is 49.3 Å². The molecule has 1 unspecified atom stereocenters. The van der Waals surface area contributed by atoms with E-state index in [2.05, 4.69) is 10.3 Å². The first-order valence-electron chi connectivity index (χ1n) is 9.81. The maximum atomic E-state index is 13.6. The minimum atomic E-state index is -3.29. The fourth-order valence-corrected chi connectivity index (χ4v) is 4.30. The van der Waals surface area contributed by atoms with Crippen molar-refractivity contribution in [1.82, 2.24) is 15.2 Å². The van der Waals surface area contributed by atoms with E-state index >= 15 is 0 Å². The molecule has 1 atom stereocenters. The molecular weight excluding hydrogens is 438 g/mol. The van der Waals surface area contributed by atoms with Crippen LogP contribution in [0.2, 0.25) is 0 Å². The largest absolute Gasteiger partial charge is 0.467 e. The van der Waals surface area contributed by atoms with Gasteiger partial charge in [0.15, 0.2) is 5.13 Å². The van der Waals surface area contributed by atoms with Crippen molar-refractivity contribution >= 4 is 28.3 Å². The predicted octanol–water partition coefficient (Wildman–Crippen LogP) is 3.86. The molecule has 32 heavy (non-hydrogen) atoms. The lowest BCUT2D eigenvalue weighted by atomic mass is 10.1. The monoisotopic (exact) mass is 462 g/mol. The van der Waals surface area contributed by atoms with Crippen LogP contribution in [0.15, 0.2) is 47.1 Å². The molecule has 7 nitrogen and oxygen atoms in total. The third-order valence-electron chi connectivity index (χ3n) is 4.88. The van der Waals surface area contributed by atoms with E-state index in [0.29, 0.717) is 32.6 Å². The Morgan fingerprint density at radius 3 is 2.41 bits per heavy atom. The van der Waals surface area contributed by atoms with Gasteiger partial charge in [0.05, 0.1) is 23.4 Å². The van der Waals surface area contributed by atoms with Gasteiger partial charge in [0.1, 0.15) is 11.8 Å². The zero-order chi connectivity index (χ0) is 23.4. The Bertz CT molecular complexity index is 1080. The number of likely N-dealkylation sites (N-methyl/N-ethyl adjacent to an activating group) is 1. The normalized spacial score (nSPS) is 12.0. The number of hydrogen-bond donors (Lipinski definition) is 1. The number of amides is 2. The zero-order valence-electron chi connectivity index (χ0n) is 18.1. The maximum absolute atomic E-state index is 13.6. The van der Waals surface area contributed by atoms with Gasteiger partial charge in [0.2, 0.25) is 5.91 Å². The Balaban J connectivity index is 2.20. The first-order valence-corrected chi connectivity index (χ1v) is 10.6. The highest BCUT2D eigenvalue weighted by atomic mass is 32.1. The molecule has 3 aromatic rings. The molecule has 2 heterocycles. The number of carbonyl (C=O) groups is 2. The van der Waals surface area contributed by atoms with E-state index in [4.69, 9.17) is 4.42 Å². The molecule has 0 bridgehead atoms. The molecular formula is C22H24F2N4O3S. The van der Waals surface area contributed by atoms with Crippen molar-refractivity contribution in [2.24, 2.45) is 0 Å². The summed E-state index contributed by atoms with van der Waals surface area (Å²) in [5.41, 5.74) is 1.85. The summed E-state index contributed by atoms with van der Waals surface area (Å²) in [4.78, 5) is 33.3. The highest BCUT2D eigenvalue weighted by molar-refractivity contribution is 7.16. The van der Waals surface area contributed by atoms with Gasteiger partial charge in [-0.05, 0) is 18.6 Å². The molecule has 3 rings (SSSR count). The van der Waals surface area contributed by atoms with Gasteiger partial charge in [-0.3, -0.25) is 9.59 Å². The van der Waals surface area contributed by atoms with Crippen LogP contribution in [0.1, 0.15) is 22.2 Å². The van der Waals surface area contributed by atoms with Crippen LogP contribution in [0.25, 0.3) is 11.3 Å². The Morgan fingerprint density at radius 2 is 1.88 bits per heavy atom. The van der Waals surface area contributed by atoms with Crippen LogP contribution in [0.3, 0.4) is 0 Å². The van der Waals surface area contributed by atoms with Crippen LogP contribution >= 0.6 is 11.3 Å². The van der Waals surface area contributed by atoms with Gasteiger partial charge in [-0.1, -0.05) is 41.7 Å². The molecule has 170 valence electrons. The maximum Gasteiger partial charge on any atom is 0.315 e. The molecule has 2 amide bonds. The number of thiazole rings is 1. The molecule has 0 saturated heterocycles.